The molecule has 0 atom stereocenters. The Bertz CT molecular complexity index is 637. The Morgan fingerprint density at radius 3 is 2.45 bits per heavy atom. The molecule has 0 bridgehead atoms. The van der Waals surface area contributed by atoms with Crippen LogP contribution in [0.5, 0.6) is 0 Å². The maximum atomic E-state index is 12.8. The molecule has 0 radical (unpaired) electrons. The van der Waals surface area contributed by atoms with Crippen molar-refractivity contribution in [2.45, 2.75) is 38.6 Å². The molecule has 1 heterocycles. The third kappa shape index (κ3) is 2.01. The number of thiocarbonyl (C=S) groups is 1. The molecule has 1 aliphatic heterocycles. The molecular weight excluding hydrogens is 300 g/mol. The van der Waals surface area contributed by atoms with E-state index in [2.05, 4.69) is 0 Å². The molecule has 6 heteroatoms. The maximum Gasteiger partial charge on any atom is 0.423 e. The molecule has 1 aliphatic carbocycles. The summed E-state index contributed by atoms with van der Waals surface area (Å²) in [5, 5.41) is 0.215. The van der Waals surface area contributed by atoms with Crippen molar-refractivity contribution in [2.75, 3.05) is 11.5 Å². The van der Waals surface area contributed by atoms with E-state index >= 15 is 0 Å². The SMILES string of the molecule is CCOC(=O)N1C(=O)C2(CCC2)N(c2ccc(C)cc2)C1=S. The molecule has 1 aromatic carbocycles. The van der Waals surface area contributed by atoms with Crippen LogP contribution < -0.4 is 4.90 Å². The molecule has 0 unspecified atom stereocenters. The number of hydrogen-bond donors (Lipinski definition) is 0. The summed E-state index contributed by atoms with van der Waals surface area (Å²) in [4.78, 5) is 27.7. The number of rotatable bonds is 2. The highest BCUT2D eigenvalue weighted by Gasteiger charge is 2.61. The van der Waals surface area contributed by atoms with Crippen LogP contribution in [-0.2, 0) is 9.53 Å². The van der Waals surface area contributed by atoms with Gasteiger partial charge in [0.2, 0.25) is 0 Å². The zero-order chi connectivity index (χ0) is 15.9. The van der Waals surface area contributed by atoms with Crippen LogP contribution in [-0.4, -0.2) is 34.2 Å². The zero-order valence-electron chi connectivity index (χ0n) is 12.7. The first-order chi connectivity index (χ1) is 10.5. The predicted molar refractivity (Wildman–Crippen MR) is 86.7 cm³/mol. The Balaban J connectivity index is 2.01. The van der Waals surface area contributed by atoms with Gasteiger partial charge in [-0.2, -0.15) is 4.90 Å². The number of imide groups is 1. The summed E-state index contributed by atoms with van der Waals surface area (Å²) in [6, 6.07) is 7.82. The lowest BCUT2D eigenvalue weighted by Crippen LogP contribution is -2.55. The summed E-state index contributed by atoms with van der Waals surface area (Å²) >= 11 is 5.42. The van der Waals surface area contributed by atoms with Gasteiger partial charge < -0.3 is 9.64 Å². The molecule has 22 heavy (non-hydrogen) atoms. The van der Waals surface area contributed by atoms with Crippen molar-refractivity contribution < 1.29 is 14.3 Å². The normalized spacial score (nSPS) is 19.5. The Labute approximate surface area is 134 Å². The van der Waals surface area contributed by atoms with Crippen molar-refractivity contribution in [1.82, 2.24) is 4.90 Å². The lowest BCUT2D eigenvalue weighted by molar-refractivity contribution is -0.131. The topological polar surface area (TPSA) is 49.9 Å². The third-order valence-corrected chi connectivity index (χ3v) is 4.70. The molecule has 1 aromatic rings. The number of carbonyl (C=O) groups is 2. The van der Waals surface area contributed by atoms with Gasteiger partial charge >= 0.3 is 6.09 Å². The van der Waals surface area contributed by atoms with E-state index in [1.54, 1.807) is 6.92 Å². The number of amides is 2. The van der Waals surface area contributed by atoms with E-state index < -0.39 is 11.6 Å². The first kappa shape index (κ1) is 15.0. The molecule has 0 aromatic heterocycles. The second-order valence-corrected chi connectivity index (χ2v) is 6.04. The Morgan fingerprint density at radius 1 is 1.32 bits per heavy atom. The second kappa shape index (κ2) is 5.35. The minimum absolute atomic E-state index is 0.211. The lowest BCUT2D eigenvalue weighted by Gasteiger charge is -2.43. The first-order valence-electron chi connectivity index (χ1n) is 7.43. The van der Waals surface area contributed by atoms with Gasteiger partial charge in [-0.25, -0.2) is 4.79 Å². The van der Waals surface area contributed by atoms with Crippen LogP contribution in [0.3, 0.4) is 0 Å². The standard InChI is InChI=1S/C16H18N2O3S/c1-3-21-15(20)17-13(19)16(9-4-10-16)18(14(17)22)12-7-5-11(2)6-8-12/h5-8H,3-4,9-10H2,1-2H3. The van der Waals surface area contributed by atoms with Crippen molar-refractivity contribution in [3.8, 4) is 0 Å². The van der Waals surface area contributed by atoms with Crippen LogP contribution >= 0.6 is 12.2 Å². The van der Waals surface area contributed by atoms with Gasteiger partial charge in [0.05, 0.1) is 6.61 Å². The molecule has 5 nitrogen and oxygen atoms in total. The number of benzene rings is 1. The molecule has 116 valence electrons. The molecule has 2 amide bonds. The van der Waals surface area contributed by atoms with E-state index in [1.807, 2.05) is 36.1 Å². The van der Waals surface area contributed by atoms with E-state index in [-0.39, 0.29) is 17.6 Å². The highest BCUT2D eigenvalue weighted by atomic mass is 32.1. The van der Waals surface area contributed by atoms with E-state index in [1.165, 1.54) is 0 Å². The Morgan fingerprint density at radius 2 is 1.95 bits per heavy atom. The highest BCUT2D eigenvalue weighted by molar-refractivity contribution is 7.80. The molecule has 2 fully saturated rings. The predicted octanol–water partition coefficient (Wildman–Crippen LogP) is 3.01. The molecular formula is C16H18N2O3S. The first-order valence-corrected chi connectivity index (χ1v) is 7.84. The van der Waals surface area contributed by atoms with Gasteiger partial charge in [0.1, 0.15) is 5.54 Å². The minimum atomic E-state index is -0.709. The summed E-state index contributed by atoms with van der Waals surface area (Å²) in [5.74, 6) is -0.261. The molecule has 2 aliphatic rings. The van der Waals surface area contributed by atoms with Gasteiger partial charge in [0.25, 0.3) is 5.91 Å². The number of carbonyl (C=O) groups excluding carboxylic acids is 2. The number of anilines is 1. The average molecular weight is 318 g/mol. The highest BCUT2D eigenvalue weighted by Crippen LogP contribution is 2.46. The average Bonchev–Trinajstić information content (AvgIpc) is 2.67. The van der Waals surface area contributed by atoms with Crippen LogP contribution in [0.2, 0.25) is 0 Å². The van der Waals surface area contributed by atoms with Gasteiger partial charge in [-0.3, -0.25) is 4.79 Å². The number of aryl methyl sites for hydroxylation is 1. The van der Waals surface area contributed by atoms with Gasteiger partial charge in [-0.1, -0.05) is 17.7 Å². The van der Waals surface area contributed by atoms with Crippen LogP contribution in [0.1, 0.15) is 31.7 Å². The smallest absolute Gasteiger partial charge is 0.423 e. The van der Waals surface area contributed by atoms with Crippen molar-refractivity contribution in [2.24, 2.45) is 0 Å². The zero-order valence-corrected chi connectivity index (χ0v) is 13.5. The van der Waals surface area contributed by atoms with Crippen LogP contribution in [0.25, 0.3) is 0 Å². The van der Waals surface area contributed by atoms with Crippen molar-refractivity contribution in [1.29, 1.82) is 0 Å². The van der Waals surface area contributed by atoms with Gasteiger partial charge in [0.15, 0.2) is 5.11 Å². The van der Waals surface area contributed by atoms with Gasteiger partial charge in [-0.05, 0) is 57.5 Å². The quantitative estimate of drug-likeness (QED) is 0.785. The van der Waals surface area contributed by atoms with Crippen molar-refractivity contribution in [3.63, 3.8) is 0 Å². The summed E-state index contributed by atoms with van der Waals surface area (Å²) in [7, 11) is 0. The fraction of sp³-hybridized carbons (Fsp3) is 0.438. The fourth-order valence-corrected chi connectivity index (χ4v) is 3.46. The summed E-state index contributed by atoms with van der Waals surface area (Å²) in [6.07, 6.45) is 1.68. The van der Waals surface area contributed by atoms with Crippen LogP contribution in [0.4, 0.5) is 10.5 Å². The monoisotopic (exact) mass is 318 g/mol. The van der Waals surface area contributed by atoms with E-state index in [9.17, 15) is 9.59 Å². The molecule has 0 N–H and O–H groups in total. The Kier molecular flexibility index (Phi) is 3.64. The molecule has 3 rings (SSSR count). The number of nitrogens with zero attached hydrogens (tertiary/aromatic N) is 2. The summed E-state index contributed by atoms with van der Waals surface area (Å²) < 4.78 is 4.98. The maximum absolute atomic E-state index is 12.8. The second-order valence-electron chi connectivity index (χ2n) is 5.68. The van der Waals surface area contributed by atoms with Crippen LogP contribution in [0.15, 0.2) is 24.3 Å². The van der Waals surface area contributed by atoms with Crippen molar-refractivity contribution >= 4 is 35.0 Å². The van der Waals surface area contributed by atoms with Crippen molar-refractivity contribution in [3.05, 3.63) is 29.8 Å². The van der Waals surface area contributed by atoms with Gasteiger partial charge in [0, 0.05) is 5.69 Å². The summed E-state index contributed by atoms with van der Waals surface area (Å²) in [5.41, 5.74) is 1.26. The van der Waals surface area contributed by atoms with Gasteiger partial charge in [-0.15, -0.1) is 0 Å². The third-order valence-electron chi connectivity index (χ3n) is 4.34. The van der Waals surface area contributed by atoms with Crippen LogP contribution in [0, 0.1) is 6.92 Å². The Hall–Kier alpha value is -1.95. The van der Waals surface area contributed by atoms with E-state index in [4.69, 9.17) is 17.0 Å². The molecule has 1 saturated carbocycles. The minimum Gasteiger partial charge on any atom is -0.449 e. The van der Waals surface area contributed by atoms with E-state index in [0.717, 1.165) is 22.6 Å². The lowest BCUT2D eigenvalue weighted by atomic mass is 9.75. The number of ether oxygens (including phenoxy) is 1. The summed E-state index contributed by atoms with van der Waals surface area (Å²) in [6.45, 7) is 3.92. The molecule has 1 spiro atoms. The van der Waals surface area contributed by atoms with E-state index in [0.29, 0.717) is 12.8 Å². The number of hydrogen-bond acceptors (Lipinski definition) is 4. The largest absolute Gasteiger partial charge is 0.449 e. The fourth-order valence-electron chi connectivity index (χ4n) is 3.02. The molecule has 1 saturated heterocycles.